The van der Waals surface area contributed by atoms with Gasteiger partial charge >= 0.3 is 0 Å². The molecular weight excluding hydrogens is 458 g/mol. The number of hydrogen-bond acceptors (Lipinski definition) is 3. The second-order valence-electron chi connectivity index (χ2n) is 10.4. The van der Waals surface area contributed by atoms with Gasteiger partial charge in [0.15, 0.2) is 0 Å². The molecule has 1 atom stereocenters. The maximum absolute atomic E-state index is 13.1. The van der Waals surface area contributed by atoms with E-state index in [1.54, 1.807) is 17.0 Å². The topological polar surface area (TPSA) is 57.6 Å². The number of Topliss-reactive ketones (excluding diaryl/α,β-unsaturated/α-hetero) is 1. The smallest absolute Gasteiger partial charge is 0.295 e. The quantitative estimate of drug-likeness (QED) is 0.102. The summed E-state index contributed by atoms with van der Waals surface area (Å²) in [4.78, 5) is 27.7. The van der Waals surface area contributed by atoms with E-state index in [9.17, 15) is 14.7 Å². The maximum atomic E-state index is 13.1. The number of nitrogens with zero attached hydrogens (tertiary/aromatic N) is 1. The minimum atomic E-state index is -0.597. The first-order valence-electron chi connectivity index (χ1n) is 14.5. The van der Waals surface area contributed by atoms with E-state index in [0.717, 1.165) is 24.8 Å². The number of carbonyl (C=O) groups is 2. The van der Waals surface area contributed by atoms with Crippen LogP contribution >= 0.6 is 0 Å². The van der Waals surface area contributed by atoms with Gasteiger partial charge in [-0.25, -0.2) is 0 Å². The molecule has 37 heavy (non-hydrogen) atoms. The fourth-order valence-electron chi connectivity index (χ4n) is 5.32. The molecule has 0 spiro atoms. The van der Waals surface area contributed by atoms with Crippen molar-refractivity contribution in [1.82, 2.24) is 4.90 Å². The Morgan fingerprint density at radius 1 is 0.676 bits per heavy atom. The van der Waals surface area contributed by atoms with Crippen LogP contribution in [0, 0.1) is 0 Å². The van der Waals surface area contributed by atoms with Gasteiger partial charge in [0.25, 0.3) is 11.7 Å². The Morgan fingerprint density at radius 3 is 1.65 bits per heavy atom. The van der Waals surface area contributed by atoms with E-state index in [1.807, 2.05) is 48.5 Å². The van der Waals surface area contributed by atoms with Crippen LogP contribution in [0.2, 0.25) is 0 Å². The molecule has 4 nitrogen and oxygen atoms in total. The van der Waals surface area contributed by atoms with Crippen LogP contribution in [0.25, 0.3) is 5.76 Å². The number of benzene rings is 2. The van der Waals surface area contributed by atoms with Gasteiger partial charge in [-0.05, 0) is 12.0 Å². The SMILES string of the molecule is CCCCCCCCCCCCCCCCN1C(=O)C(=O)C(=C(O)c2ccccc2)[C@@H]1c1ccccc1. The molecule has 0 aliphatic carbocycles. The molecule has 1 aliphatic rings. The van der Waals surface area contributed by atoms with Crippen LogP contribution in [-0.4, -0.2) is 28.2 Å². The number of aliphatic hydroxyl groups is 1. The number of amides is 1. The Kier molecular flexibility index (Phi) is 12.5. The summed E-state index contributed by atoms with van der Waals surface area (Å²) in [6, 6.07) is 18.0. The van der Waals surface area contributed by atoms with E-state index < -0.39 is 17.7 Å². The lowest BCUT2D eigenvalue weighted by Crippen LogP contribution is -2.30. The third-order valence-electron chi connectivity index (χ3n) is 7.46. The van der Waals surface area contributed by atoms with Gasteiger partial charge in [0.2, 0.25) is 0 Å². The molecule has 1 aliphatic heterocycles. The molecule has 1 heterocycles. The lowest BCUT2D eigenvalue weighted by molar-refractivity contribution is -0.139. The number of likely N-dealkylation sites (tertiary alicyclic amines) is 1. The Balaban J connectivity index is 1.47. The Labute approximate surface area is 223 Å². The van der Waals surface area contributed by atoms with Crippen molar-refractivity contribution in [3.05, 3.63) is 77.4 Å². The van der Waals surface area contributed by atoms with Gasteiger partial charge in [0.05, 0.1) is 11.6 Å². The summed E-state index contributed by atoms with van der Waals surface area (Å²) in [5.41, 5.74) is 1.59. The van der Waals surface area contributed by atoms with E-state index in [-0.39, 0.29) is 11.3 Å². The highest BCUT2D eigenvalue weighted by Crippen LogP contribution is 2.39. The summed E-state index contributed by atoms with van der Waals surface area (Å²) < 4.78 is 0. The Bertz CT molecular complexity index is 983. The number of ketones is 1. The second kappa shape index (κ2) is 16.1. The van der Waals surface area contributed by atoms with E-state index in [1.165, 1.54) is 70.6 Å². The summed E-state index contributed by atoms with van der Waals surface area (Å²) in [6.07, 6.45) is 17.8. The number of hydrogen-bond donors (Lipinski definition) is 1. The Hall–Kier alpha value is -2.88. The average Bonchev–Trinajstić information content (AvgIpc) is 3.18. The zero-order valence-electron chi connectivity index (χ0n) is 22.7. The van der Waals surface area contributed by atoms with Crippen molar-refractivity contribution in [2.75, 3.05) is 6.54 Å². The molecule has 2 aromatic carbocycles. The molecule has 0 radical (unpaired) electrons. The first kappa shape index (κ1) is 28.7. The average molecular weight is 504 g/mol. The van der Waals surface area contributed by atoms with E-state index >= 15 is 0 Å². The predicted molar refractivity (Wildman–Crippen MR) is 152 cm³/mol. The molecule has 1 saturated heterocycles. The van der Waals surface area contributed by atoms with Crippen molar-refractivity contribution in [2.45, 2.75) is 103 Å². The number of rotatable bonds is 17. The molecule has 0 bridgehead atoms. The van der Waals surface area contributed by atoms with Crippen molar-refractivity contribution in [2.24, 2.45) is 0 Å². The van der Waals surface area contributed by atoms with E-state index in [4.69, 9.17) is 0 Å². The molecule has 4 heteroatoms. The zero-order valence-corrected chi connectivity index (χ0v) is 22.7. The normalized spacial score (nSPS) is 17.0. The summed E-state index contributed by atoms with van der Waals surface area (Å²) in [5.74, 6) is -1.21. The zero-order chi connectivity index (χ0) is 26.3. The van der Waals surface area contributed by atoms with Crippen LogP contribution in [0.4, 0.5) is 0 Å². The van der Waals surface area contributed by atoms with Gasteiger partial charge in [-0.15, -0.1) is 0 Å². The van der Waals surface area contributed by atoms with Gasteiger partial charge in [-0.1, -0.05) is 151 Å². The fourth-order valence-corrected chi connectivity index (χ4v) is 5.32. The summed E-state index contributed by atoms with van der Waals surface area (Å²) in [7, 11) is 0. The predicted octanol–water partition coefficient (Wildman–Crippen LogP) is 8.59. The van der Waals surface area contributed by atoms with Crippen molar-refractivity contribution in [3.63, 3.8) is 0 Å². The maximum Gasteiger partial charge on any atom is 0.295 e. The van der Waals surface area contributed by atoms with Crippen LogP contribution < -0.4 is 0 Å². The standard InChI is InChI=1S/C33H45NO3/c1-2-3-4-5-6-7-8-9-10-11-12-13-14-21-26-34-30(27-22-17-15-18-23-27)29(32(36)33(34)37)31(35)28-24-19-16-20-25-28/h15-20,22-25,30,35H,2-14,21,26H2,1H3/t30-/m0/s1. The van der Waals surface area contributed by atoms with Gasteiger partial charge < -0.3 is 10.0 Å². The minimum Gasteiger partial charge on any atom is -0.507 e. The van der Waals surface area contributed by atoms with E-state index in [0.29, 0.717) is 12.1 Å². The summed E-state index contributed by atoms with van der Waals surface area (Å²) in [6.45, 7) is 2.79. The van der Waals surface area contributed by atoms with Gasteiger partial charge in [-0.3, -0.25) is 9.59 Å². The van der Waals surface area contributed by atoms with Crippen LogP contribution in [0.5, 0.6) is 0 Å². The van der Waals surface area contributed by atoms with Crippen molar-refractivity contribution < 1.29 is 14.7 Å². The molecule has 1 fully saturated rings. The highest BCUT2D eigenvalue weighted by molar-refractivity contribution is 6.46. The second-order valence-corrected chi connectivity index (χ2v) is 10.4. The Morgan fingerprint density at radius 2 is 1.14 bits per heavy atom. The molecule has 0 aromatic heterocycles. The summed E-state index contributed by atoms with van der Waals surface area (Å²) in [5, 5.41) is 11.0. The van der Waals surface area contributed by atoms with Gasteiger partial charge in [0.1, 0.15) is 5.76 Å². The largest absolute Gasteiger partial charge is 0.507 e. The molecule has 0 unspecified atom stereocenters. The molecule has 2 aromatic rings. The summed E-state index contributed by atoms with van der Waals surface area (Å²) >= 11 is 0. The molecular formula is C33H45NO3. The molecule has 0 saturated carbocycles. The van der Waals surface area contributed by atoms with Crippen LogP contribution in [-0.2, 0) is 9.59 Å². The van der Waals surface area contributed by atoms with Crippen molar-refractivity contribution in [3.8, 4) is 0 Å². The van der Waals surface area contributed by atoms with Crippen LogP contribution in [0.15, 0.2) is 66.2 Å². The molecule has 1 amide bonds. The number of aliphatic hydroxyl groups excluding tert-OH is 1. The third kappa shape index (κ3) is 8.59. The molecule has 3 rings (SSSR count). The van der Waals surface area contributed by atoms with Crippen molar-refractivity contribution in [1.29, 1.82) is 0 Å². The van der Waals surface area contributed by atoms with E-state index in [2.05, 4.69) is 6.92 Å². The van der Waals surface area contributed by atoms with Crippen LogP contribution in [0.1, 0.15) is 114 Å². The van der Waals surface area contributed by atoms with Gasteiger partial charge in [0, 0.05) is 12.1 Å². The lowest BCUT2D eigenvalue weighted by atomic mass is 9.95. The van der Waals surface area contributed by atoms with Crippen LogP contribution in [0.3, 0.4) is 0 Å². The monoisotopic (exact) mass is 503 g/mol. The highest BCUT2D eigenvalue weighted by Gasteiger charge is 2.45. The molecule has 1 N–H and O–H groups in total. The first-order chi connectivity index (χ1) is 18.1. The first-order valence-corrected chi connectivity index (χ1v) is 14.5. The fraction of sp³-hybridized carbons (Fsp3) is 0.515. The molecule has 200 valence electrons. The lowest BCUT2D eigenvalue weighted by Gasteiger charge is -2.25. The number of carbonyl (C=O) groups excluding carboxylic acids is 2. The minimum absolute atomic E-state index is 0.101. The van der Waals surface area contributed by atoms with Gasteiger partial charge in [-0.2, -0.15) is 0 Å². The van der Waals surface area contributed by atoms with Crippen molar-refractivity contribution >= 4 is 17.4 Å². The third-order valence-corrected chi connectivity index (χ3v) is 7.46. The number of unbranched alkanes of at least 4 members (excludes halogenated alkanes) is 13. The highest BCUT2D eigenvalue weighted by atomic mass is 16.3.